The molecular formula is C24H28F3N3O3. The number of likely N-dealkylation sites (tertiary alicyclic amines) is 1. The number of benzene rings is 1. The van der Waals surface area contributed by atoms with Crippen LogP contribution in [0.5, 0.6) is 0 Å². The molecule has 0 amide bonds. The molecule has 0 bridgehead atoms. The molecule has 2 aliphatic rings. The summed E-state index contributed by atoms with van der Waals surface area (Å²) in [6.07, 6.45) is -0.0687. The van der Waals surface area contributed by atoms with Crippen LogP contribution >= 0.6 is 0 Å². The molecule has 9 heteroatoms. The van der Waals surface area contributed by atoms with Crippen molar-refractivity contribution in [3.8, 4) is 0 Å². The number of carbonyl (C=O) groups is 1. The fraction of sp³-hybridized carbons (Fsp3) is 0.500. The lowest BCUT2D eigenvalue weighted by Gasteiger charge is -2.25. The number of rotatable bonds is 8. The number of halogens is 3. The van der Waals surface area contributed by atoms with E-state index in [2.05, 4.69) is 22.4 Å². The highest BCUT2D eigenvalue weighted by Crippen LogP contribution is 2.32. The lowest BCUT2D eigenvalue weighted by atomic mass is 10.0. The molecule has 0 unspecified atom stereocenters. The molecule has 0 spiro atoms. The van der Waals surface area contributed by atoms with E-state index in [0.717, 1.165) is 55.9 Å². The number of fused-ring (bicyclic) bond motifs is 1. The molecule has 2 atom stereocenters. The minimum atomic E-state index is -4.45. The molecule has 6 nitrogen and oxygen atoms in total. The van der Waals surface area contributed by atoms with Gasteiger partial charge in [-0.25, -0.2) is 4.98 Å². The van der Waals surface area contributed by atoms with Gasteiger partial charge in [-0.3, -0.25) is 9.69 Å². The first-order valence-electron chi connectivity index (χ1n) is 11.3. The van der Waals surface area contributed by atoms with Crippen LogP contribution in [0.15, 0.2) is 36.4 Å². The van der Waals surface area contributed by atoms with Crippen molar-refractivity contribution in [1.82, 2.24) is 9.88 Å². The van der Waals surface area contributed by atoms with Crippen molar-refractivity contribution in [2.75, 3.05) is 31.6 Å². The summed E-state index contributed by atoms with van der Waals surface area (Å²) in [6, 6.07) is 7.55. The van der Waals surface area contributed by atoms with Gasteiger partial charge in [0.1, 0.15) is 11.9 Å². The van der Waals surface area contributed by atoms with Crippen molar-refractivity contribution in [2.24, 2.45) is 0 Å². The predicted molar refractivity (Wildman–Crippen MR) is 117 cm³/mol. The third-order valence-electron chi connectivity index (χ3n) is 6.21. The molecule has 1 fully saturated rings. The summed E-state index contributed by atoms with van der Waals surface area (Å²) < 4.78 is 44.4. The van der Waals surface area contributed by atoms with Gasteiger partial charge in [0, 0.05) is 31.9 Å². The summed E-state index contributed by atoms with van der Waals surface area (Å²) in [5, 5.41) is 13.0. The quantitative estimate of drug-likeness (QED) is 0.569. The van der Waals surface area contributed by atoms with Gasteiger partial charge < -0.3 is 15.2 Å². The Kier molecular flexibility index (Phi) is 7.19. The van der Waals surface area contributed by atoms with E-state index >= 15 is 0 Å². The lowest BCUT2D eigenvalue weighted by Crippen LogP contribution is -2.33. The number of carboxylic acids is 1. The number of carboxylic acid groups (broad SMARTS) is 1. The summed E-state index contributed by atoms with van der Waals surface area (Å²) in [5.41, 5.74) is 1.83. The molecule has 1 aromatic heterocycles. The fourth-order valence-electron chi connectivity index (χ4n) is 4.50. The van der Waals surface area contributed by atoms with E-state index in [1.165, 1.54) is 17.7 Å². The zero-order chi connectivity index (χ0) is 23.4. The van der Waals surface area contributed by atoms with Crippen LogP contribution in [0.3, 0.4) is 0 Å². The number of nitrogens with zero attached hydrogens (tertiary/aromatic N) is 2. The number of nitrogens with one attached hydrogen (secondary N) is 1. The number of anilines is 1. The van der Waals surface area contributed by atoms with Crippen LogP contribution in [0.1, 0.15) is 47.7 Å². The van der Waals surface area contributed by atoms with Crippen molar-refractivity contribution in [3.05, 3.63) is 58.8 Å². The summed E-state index contributed by atoms with van der Waals surface area (Å²) >= 11 is 0. The molecule has 1 saturated heterocycles. The maximum absolute atomic E-state index is 12.8. The van der Waals surface area contributed by atoms with Gasteiger partial charge in [0.15, 0.2) is 0 Å². The highest BCUT2D eigenvalue weighted by atomic mass is 19.4. The van der Waals surface area contributed by atoms with Crippen molar-refractivity contribution in [1.29, 1.82) is 0 Å². The van der Waals surface area contributed by atoms with Crippen molar-refractivity contribution < 1.29 is 27.8 Å². The van der Waals surface area contributed by atoms with Gasteiger partial charge >= 0.3 is 12.1 Å². The minimum Gasteiger partial charge on any atom is -0.480 e. The summed E-state index contributed by atoms with van der Waals surface area (Å²) in [6.45, 7) is 2.44. The largest absolute Gasteiger partial charge is 0.480 e. The van der Waals surface area contributed by atoms with E-state index in [9.17, 15) is 23.1 Å². The first-order chi connectivity index (χ1) is 15.8. The Balaban J connectivity index is 1.27. The Hall–Kier alpha value is -2.65. The number of ether oxygens (including phenoxy) is 1. The van der Waals surface area contributed by atoms with Gasteiger partial charge in [0.25, 0.3) is 0 Å². The van der Waals surface area contributed by atoms with Crippen LogP contribution < -0.4 is 5.32 Å². The fourth-order valence-corrected chi connectivity index (χ4v) is 4.50. The lowest BCUT2D eigenvalue weighted by molar-refractivity contribution is -0.143. The van der Waals surface area contributed by atoms with Crippen LogP contribution in [0.25, 0.3) is 0 Å². The van der Waals surface area contributed by atoms with Crippen molar-refractivity contribution in [2.45, 2.75) is 50.4 Å². The van der Waals surface area contributed by atoms with Gasteiger partial charge in [-0.05, 0) is 61.4 Å². The molecular weight excluding hydrogens is 435 g/mol. The van der Waals surface area contributed by atoms with Gasteiger partial charge in [0.2, 0.25) is 0 Å². The monoisotopic (exact) mass is 463 g/mol. The minimum absolute atomic E-state index is 0.0977. The molecule has 2 N–H and O–H groups in total. The molecule has 0 saturated carbocycles. The normalized spacial score (nSPS) is 19.7. The SMILES string of the molecule is O=C(O)[C@@H](c1ccc(C(F)(F)F)cc1)N1CC[C@@H](OCCCc2ccc3c(n2)NCCC3)C1. The van der Waals surface area contributed by atoms with E-state index in [0.29, 0.717) is 31.7 Å². The Labute approximate surface area is 190 Å². The molecule has 178 valence electrons. The summed E-state index contributed by atoms with van der Waals surface area (Å²) in [5.74, 6) is -0.100. The van der Waals surface area contributed by atoms with Crippen molar-refractivity contribution in [3.63, 3.8) is 0 Å². The number of aromatic nitrogens is 1. The summed E-state index contributed by atoms with van der Waals surface area (Å²) in [4.78, 5) is 18.3. The Morgan fingerprint density at radius 2 is 2.03 bits per heavy atom. The number of hydrogen-bond acceptors (Lipinski definition) is 5. The summed E-state index contributed by atoms with van der Waals surface area (Å²) in [7, 11) is 0. The van der Waals surface area contributed by atoms with E-state index in [1.807, 2.05) is 0 Å². The first kappa shape index (κ1) is 23.5. The number of aryl methyl sites for hydroxylation is 2. The molecule has 0 aliphatic carbocycles. The number of alkyl halides is 3. The van der Waals surface area contributed by atoms with Crippen LogP contribution in [0.2, 0.25) is 0 Å². The Morgan fingerprint density at radius 1 is 1.24 bits per heavy atom. The molecule has 1 aromatic carbocycles. The smallest absolute Gasteiger partial charge is 0.416 e. The van der Waals surface area contributed by atoms with E-state index in [-0.39, 0.29) is 6.10 Å². The average molecular weight is 464 g/mol. The number of pyridine rings is 1. The molecule has 33 heavy (non-hydrogen) atoms. The van der Waals surface area contributed by atoms with Crippen molar-refractivity contribution >= 4 is 11.8 Å². The maximum Gasteiger partial charge on any atom is 0.416 e. The first-order valence-corrected chi connectivity index (χ1v) is 11.3. The second-order valence-electron chi connectivity index (χ2n) is 8.58. The average Bonchev–Trinajstić information content (AvgIpc) is 3.24. The van der Waals surface area contributed by atoms with E-state index in [1.54, 1.807) is 4.90 Å². The number of hydrogen-bond donors (Lipinski definition) is 2. The zero-order valence-electron chi connectivity index (χ0n) is 18.3. The second kappa shape index (κ2) is 10.1. The molecule has 4 rings (SSSR count). The molecule has 2 aliphatic heterocycles. The maximum atomic E-state index is 12.8. The highest BCUT2D eigenvalue weighted by Gasteiger charge is 2.35. The van der Waals surface area contributed by atoms with Gasteiger partial charge in [-0.1, -0.05) is 18.2 Å². The predicted octanol–water partition coefficient (Wildman–Crippen LogP) is 4.31. The highest BCUT2D eigenvalue weighted by molar-refractivity contribution is 5.75. The van der Waals surface area contributed by atoms with Gasteiger partial charge in [0.05, 0.1) is 11.7 Å². The molecule has 0 radical (unpaired) electrons. The third kappa shape index (κ3) is 5.83. The number of aliphatic carboxylic acids is 1. The zero-order valence-corrected chi connectivity index (χ0v) is 18.3. The van der Waals surface area contributed by atoms with Gasteiger partial charge in [-0.15, -0.1) is 0 Å². The van der Waals surface area contributed by atoms with Crippen LogP contribution in [-0.2, 0) is 28.5 Å². The topological polar surface area (TPSA) is 74.7 Å². The van der Waals surface area contributed by atoms with E-state index < -0.39 is 23.8 Å². The third-order valence-corrected chi connectivity index (χ3v) is 6.21. The molecule has 3 heterocycles. The Bertz CT molecular complexity index is 966. The van der Waals surface area contributed by atoms with Crippen LogP contribution in [0, 0.1) is 0 Å². The molecule has 2 aromatic rings. The Morgan fingerprint density at radius 3 is 2.76 bits per heavy atom. The standard InChI is InChI=1S/C24H28F3N3O3/c25-24(26,27)18-8-5-16(6-9-18)21(23(31)32)30-13-11-20(15-30)33-14-2-4-19-10-7-17-3-1-12-28-22(17)29-19/h5-10,20-21H,1-4,11-15H2,(H,28,29)(H,31,32)/t20-,21-/m1/s1. The van der Waals surface area contributed by atoms with Gasteiger partial charge in [-0.2, -0.15) is 13.2 Å². The van der Waals surface area contributed by atoms with E-state index in [4.69, 9.17) is 4.74 Å². The van der Waals surface area contributed by atoms with Crippen LogP contribution in [0.4, 0.5) is 19.0 Å². The second-order valence-corrected chi connectivity index (χ2v) is 8.58. The van der Waals surface area contributed by atoms with Crippen LogP contribution in [-0.4, -0.2) is 53.3 Å².